The first-order valence-corrected chi connectivity index (χ1v) is 9.65. The maximum absolute atomic E-state index is 10.2. The topological polar surface area (TPSA) is 70.5 Å². The zero-order valence-electron chi connectivity index (χ0n) is 15.8. The van der Waals surface area contributed by atoms with Crippen LogP contribution >= 0.6 is 0 Å². The lowest BCUT2D eigenvalue weighted by Crippen LogP contribution is -2.16. The molecule has 5 nitrogen and oxygen atoms in total. The van der Waals surface area contributed by atoms with E-state index in [2.05, 4.69) is 20.8 Å². The summed E-state index contributed by atoms with van der Waals surface area (Å²) in [6.07, 6.45) is 7.95. The van der Waals surface area contributed by atoms with Crippen molar-refractivity contribution in [1.82, 2.24) is 4.57 Å². The predicted octanol–water partition coefficient (Wildman–Crippen LogP) is 3.44. The Bertz CT molecular complexity index is 680. The van der Waals surface area contributed by atoms with Gasteiger partial charge in [-0.2, -0.15) is 0 Å². The molecule has 2 aliphatic heterocycles. The van der Waals surface area contributed by atoms with Crippen molar-refractivity contribution >= 4 is 0 Å². The molecule has 0 bridgehead atoms. The number of aromatic hydroxyl groups is 2. The fraction of sp³-hybridized carbons (Fsp3) is 0.800. The van der Waals surface area contributed by atoms with E-state index in [4.69, 9.17) is 9.47 Å². The van der Waals surface area contributed by atoms with Crippen molar-refractivity contribution in [2.45, 2.75) is 89.1 Å². The molecule has 1 aromatic rings. The van der Waals surface area contributed by atoms with Gasteiger partial charge in [0.25, 0.3) is 0 Å². The van der Waals surface area contributed by atoms with Gasteiger partial charge in [-0.05, 0) is 71.6 Å². The van der Waals surface area contributed by atoms with Crippen molar-refractivity contribution < 1.29 is 19.7 Å². The van der Waals surface area contributed by atoms with E-state index in [0.717, 1.165) is 56.1 Å². The van der Waals surface area contributed by atoms with Crippen molar-refractivity contribution in [2.75, 3.05) is 0 Å². The maximum atomic E-state index is 10.2. The van der Waals surface area contributed by atoms with Gasteiger partial charge in [-0.15, -0.1) is 0 Å². The standard InChI is InChI=1S/C20H31NO4/c1-19(2)15(24-19)9-10-20(3)16(25-20)8-6-12-5-7-13-14(11-12)18(23)21(4)17(13)22/h12,15-16,22-23H,5-11H2,1-4H3. The van der Waals surface area contributed by atoms with Gasteiger partial charge in [-0.1, -0.05) is 0 Å². The van der Waals surface area contributed by atoms with Crippen molar-refractivity contribution in [2.24, 2.45) is 13.0 Å². The van der Waals surface area contributed by atoms with E-state index in [0.29, 0.717) is 18.1 Å². The van der Waals surface area contributed by atoms with Gasteiger partial charge in [0, 0.05) is 18.2 Å². The normalized spacial score (nSPS) is 35.4. The highest BCUT2D eigenvalue weighted by molar-refractivity contribution is 5.46. The molecule has 0 amide bonds. The predicted molar refractivity (Wildman–Crippen MR) is 95.0 cm³/mol. The molecular formula is C20H31NO4. The number of aromatic nitrogens is 1. The average Bonchev–Trinajstić information content (AvgIpc) is 3.40. The van der Waals surface area contributed by atoms with Gasteiger partial charge in [-0.25, -0.2) is 0 Å². The summed E-state index contributed by atoms with van der Waals surface area (Å²) in [7, 11) is 1.71. The summed E-state index contributed by atoms with van der Waals surface area (Å²) in [4.78, 5) is 0. The third-order valence-electron chi connectivity index (χ3n) is 6.77. The third-order valence-corrected chi connectivity index (χ3v) is 6.77. The first-order valence-electron chi connectivity index (χ1n) is 9.65. The van der Waals surface area contributed by atoms with Crippen LogP contribution in [0.1, 0.15) is 64.0 Å². The number of epoxide rings is 2. The molecule has 2 N–H and O–H groups in total. The zero-order chi connectivity index (χ0) is 18.0. The molecule has 1 aliphatic carbocycles. The fourth-order valence-electron chi connectivity index (χ4n) is 4.66. The summed E-state index contributed by atoms with van der Waals surface area (Å²) in [6.45, 7) is 6.53. The fourth-order valence-corrected chi connectivity index (χ4v) is 4.66. The van der Waals surface area contributed by atoms with Gasteiger partial charge < -0.3 is 19.7 Å². The zero-order valence-corrected chi connectivity index (χ0v) is 15.8. The highest BCUT2D eigenvalue weighted by Crippen LogP contribution is 2.48. The first-order chi connectivity index (χ1) is 11.7. The molecule has 0 radical (unpaired) electrons. The van der Waals surface area contributed by atoms with E-state index in [-0.39, 0.29) is 23.0 Å². The molecule has 4 atom stereocenters. The molecular weight excluding hydrogens is 318 g/mol. The van der Waals surface area contributed by atoms with Crippen molar-refractivity contribution in [1.29, 1.82) is 0 Å². The number of nitrogens with zero attached hydrogens (tertiary/aromatic N) is 1. The van der Waals surface area contributed by atoms with E-state index in [1.807, 2.05) is 0 Å². The van der Waals surface area contributed by atoms with Crippen molar-refractivity contribution in [3.05, 3.63) is 11.1 Å². The maximum Gasteiger partial charge on any atom is 0.197 e. The molecule has 140 valence electrons. The second kappa shape index (κ2) is 5.65. The highest BCUT2D eigenvalue weighted by Gasteiger charge is 2.54. The molecule has 25 heavy (non-hydrogen) atoms. The Hall–Kier alpha value is -1.20. The molecule has 1 aromatic heterocycles. The van der Waals surface area contributed by atoms with Gasteiger partial charge in [0.05, 0.1) is 23.4 Å². The van der Waals surface area contributed by atoms with Gasteiger partial charge in [0.2, 0.25) is 0 Å². The molecule has 2 saturated heterocycles. The lowest BCUT2D eigenvalue weighted by Gasteiger charge is -2.22. The monoisotopic (exact) mass is 349 g/mol. The quantitative estimate of drug-likeness (QED) is 0.772. The van der Waals surface area contributed by atoms with Gasteiger partial charge in [0.1, 0.15) is 0 Å². The minimum Gasteiger partial charge on any atom is -0.494 e. The summed E-state index contributed by atoms with van der Waals surface area (Å²) in [5, 5.41) is 20.3. The second-order valence-corrected chi connectivity index (χ2v) is 9.02. The number of hydrogen-bond acceptors (Lipinski definition) is 4. The van der Waals surface area contributed by atoms with Crippen LogP contribution in [0.25, 0.3) is 0 Å². The molecule has 4 rings (SSSR count). The highest BCUT2D eigenvalue weighted by atomic mass is 16.6. The Morgan fingerprint density at radius 2 is 1.68 bits per heavy atom. The Balaban J connectivity index is 1.25. The Morgan fingerprint density at radius 1 is 1.00 bits per heavy atom. The minimum atomic E-state index is 0.0367. The first kappa shape index (κ1) is 17.2. The summed E-state index contributed by atoms with van der Waals surface area (Å²) >= 11 is 0. The lowest BCUT2D eigenvalue weighted by molar-refractivity contribution is 0.272. The van der Waals surface area contributed by atoms with Crippen molar-refractivity contribution in [3.8, 4) is 11.8 Å². The van der Waals surface area contributed by atoms with Crippen LogP contribution in [0, 0.1) is 5.92 Å². The van der Waals surface area contributed by atoms with E-state index in [1.54, 1.807) is 7.05 Å². The Labute approximate surface area is 149 Å². The minimum absolute atomic E-state index is 0.0367. The SMILES string of the molecule is Cn1c(O)c2c(c1O)CC(CCC1OC1(C)CCC1OC1(C)C)CC2. The van der Waals surface area contributed by atoms with Crippen LogP contribution in [0.15, 0.2) is 0 Å². The van der Waals surface area contributed by atoms with Crippen molar-refractivity contribution in [3.63, 3.8) is 0 Å². The molecule has 4 unspecified atom stereocenters. The largest absolute Gasteiger partial charge is 0.494 e. The third kappa shape index (κ3) is 3.06. The molecule has 3 heterocycles. The van der Waals surface area contributed by atoms with Crippen LogP contribution in [-0.4, -0.2) is 38.2 Å². The van der Waals surface area contributed by atoms with Gasteiger partial charge in [-0.3, -0.25) is 4.57 Å². The number of ether oxygens (including phenoxy) is 2. The van der Waals surface area contributed by atoms with Crippen LogP contribution < -0.4 is 0 Å². The number of fused-ring (bicyclic) bond motifs is 1. The Kier molecular flexibility index (Phi) is 3.89. The average molecular weight is 349 g/mol. The van der Waals surface area contributed by atoms with E-state index in [1.165, 1.54) is 4.57 Å². The van der Waals surface area contributed by atoms with Crippen LogP contribution in [-0.2, 0) is 29.4 Å². The summed E-state index contributed by atoms with van der Waals surface area (Å²) in [6, 6.07) is 0. The summed E-state index contributed by atoms with van der Waals surface area (Å²) in [5.41, 5.74) is 2.00. The second-order valence-electron chi connectivity index (χ2n) is 9.02. The van der Waals surface area contributed by atoms with Crippen LogP contribution in [0.5, 0.6) is 11.8 Å². The van der Waals surface area contributed by atoms with Crippen LogP contribution in [0.2, 0.25) is 0 Å². The molecule has 3 aliphatic rings. The summed E-state index contributed by atoms with van der Waals surface area (Å²) in [5.74, 6) is 1.03. The summed E-state index contributed by atoms with van der Waals surface area (Å²) < 4.78 is 13.2. The molecule has 0 spiro atoms. The van der Waals surface area contributed by atoms with Crippen LogP contribution in [0.3, 0.4) is 0 Å². The van der Waals surface area contributed by atoms with E-state index >= 15 is 0 Å². The van der Waals surface area contributed by atoms with Crippen LogP contribution in [0.4, 0.5) is 0 Å². The molecule has 5 heteroatoms. The van der Waals surface area contributed by atoms with E-state index in [9.17, 15) is 10.2 Å². The Morgan fingerprint density at radius 3 is 2.36 bits per heavy atom. The van der Waals surface area contributed by atoms with E-state index < -0.39 is 0 Å². The van der Waals surface area contributed by atoms with Gasteiger partial charge in [0.15, 0.2) is 11.8 Å². The number of hydrogen-bond donors (Lipinski definition) is 2. The molecule has 0 saturated carbocycles. The lowest BCUT2D eigenvalue weighted by atomic mass is 9.82. The van der Waals surface area contributed by atoms with Gasteiger partial charge >= 0.3 is 0 Å². The molecule has 0 aromatic carbocycles. The number of rotatable bonds is 6. The molecule has 2 fully saturated rings. The smallest absolute Gasteiger partial charge is 0.197 e.